The van der Waals surface area contributed by atoms with Gasteiger partial charge in [-0.1, -0.05) is 6.07 Å². The topological polar surface area (TPSA) is 28.2 Å². The molecule has 1 fully saturated rings. The highest BCUT2D eigenvalue weighted by molar-refractivity contribution is 7.20. The summed E-state index contributed by atoms with van der Waals surface area (Å²) in [6, 6.07) is 4.25. The molecule has 0 amide bonds. The van der Waals surface area contributed by atoms with Gasteiger partial charge in [0.15, 0.2) is 0 Å². The molecule has 1 aliphatic heterocycles. The van der Waals surface area contributed by atoms with Gasteiger partial charge in [-0.25, -0.2) is 4.98 Å². The van der Waals surface area contributed by atoms with Crippen LogP contribution in [0.1, 0.15) is 25.0 Å². The van der Waals surface area contributed by atoms with Crippen LogP contribution in [-0.4, -0.2) is 36.6 Å². The van der Waals surface area contributed by atoms with E-state index in [-0.39, 0.29) is 12.4 Å². The summed E-state index contributed by atoms with van der Waals surface area (Å²) in [6.45, 7) is 4.61. The molecule has 122 valence electrons. The molecule has 0 unspecified atom stereocenters. The number of aromatic nitrogens is 1. The van der Waals surface area contributed by atoms with Crippen molar-refractivity contribution in [3.05, 3.63) is 28.6 Å². The molecular weight excluding hydrogens is 334 g/mol. The van der Waals surface area contributed by atoms with Crippen molar-refractivity contribution in [2.24, 2.45) is 5.92 Å². The minimum Gasteiger partial charge on any atom is -0.320 e. The van der Waals surface area contributed by atoms with Crippen LogP contribution in [0.2, 0.25) is 0 Å². The Morgan fingerprint density at radius 2 is 2.14 bits per heavy atom. The number of hydrogen-bond acceptors (Lipinski definition) is 5. The van der Waals surface area contributed by atoms with E-state index in [0.717, 1.165) is 19.0 Å². The molecule has 3 heterocycles. The maximum absolute atomic E-state index is 4.79. The van der Waals surface area contributed by atoms with Crippen LogP contribution in [0.25, 0.3) is 9.88 Å². The van der Waals surface area contributed by atoms with Crippen LogP contribution in [-0.2, 0) is 6.54 Å². The summed E-state index contributed by atoms with van der Waals surface area (Å²) in [7, 11) is 2.04. The van der Waals surface area contributed by atoms with Crippen molar-refractivity contribution in [3.8, 4) is 9.88 Å². The summed E-state index contributed by atoms with van der Waals surface area (Å²) < 4.78 is 0. The Morgan fingerprint density at radius 1 is 1.32 bits per heavy atom. The van der Waals surface area contributed by atoms with E-state index < -0.39 is 0 Å². The molecule has 0 aliphatic carbocycles. The Hall–Kier alpha value is -0.460. The van der Waals surface area contributed by atoms with Gasteiger partial charge in [-0.3, -0.25) is 4.90 Å². The maximum Gasteiger partial charge on any atom is 0.133 e. The summed E-state index contributed by atoms with van der Waals surface area (Å²) in [6.07, 6.45) is 4.00. The first-order chi connectivity index (χ1) is 10.3. The second kappa shape index (κ2) is 8.99. The highest BCUT2D eigenvalue weighted by Gasteiger charge is 2.19. The van der Waals surface area contributed by atoms with Gasteiger partial charge in [0.2, 0.25) is 0 Å². The molecule has 2 aromatic heterocycles. The van der Waals surface area contributed by atoms with E-state index in [9.17, 15) is 0 Å². The second-order valence-electron chi connectivity index (χ2n) is 5.73. The molecule has 1 N–H and O–H groups in total. The largest absolute Gasteiger partial charge is 0.320 e. The van der Waals surface area contributed by atoms with Crippen LogP contribution in [0, 0.1) is 5.92 Å². The minimum absolute atomic E-state index is 0. The Labute approximate surface area is 147 Å². The number of thiazole rings is 1. The number of hydrogen-bond donors (Lipinski definition) is 1. The summed E-state index contributed by atoms with van der Waals surface area (Å²) in [5.41, 5.74) is 1.23. The SMILES string of the molecule is CNCCC1CCN(Cc2csc(-c3cccs3)n2)CC1.Cl. The third-order valence-corrected chi connectivity index (χ3v) is 6.11. The fourth-order valence-electron chi connectivity index (χ4n) is 2.90. The first-order valence-electron chi connectivity index (χ1n) is 7.70. The van der Waals surface area contributed by atoms with E-state index in [0.29, 0.717) is 0 Å². The monoisotopic (exact) mass is 357 g/mol. The molecule has 1 aliphatic rings. The molecule has 0 bridgehead atoms. The van der Waals surface area contributed by atoms with Gasteiger partial charge >= 0.3 is 0 Å². The lowest BCUT2D eigenvalue weighted by atomic mass is 9.93. The number of likely N-dealkylation sites (tertiary alicyclic amines) is 1. The molecule has 3 rings (SSSR count). The van der Waals surface area contributed by atoms with Gasteiger partial charge in [-0.15, -0.1) is 35.1 Å². The lowest BCUT2D eigenvalue weighted by Gasteiger charge is -2.31. The van der Waals surface area contributed by atoms with Crippen LogP contribution in [0.15, 0.2) is 22.9 Å². The maximum atomic E-state index is 4.79. The predicted molar refractivity (Wildman–Crippen MR) is 99.2 cm³/mol. The first kappa shape index (κ1) is 17.9. The number of thiophene rings is 1. The molecule has 0 saturated carbocycles. The van der Waals surface area contributed by atoms with Gasteiger partial charge in [0.1, 0.15) is 5.01 Å². The van der Waals surface area contributed by atoms with Gasteiger partial charge in [-0.2, -0.15) is 0 Å². The fraction of sp³-hybridized carbons (Fsp3) is 0.562. The molecular formula is C16H24ClN3S2. The zero-order valence-corrected chi connectivity index (χ0v) is 15.4. The van der Waals surface area contributed by atoms with Crippen LogP contribution in [0.4, 0.5) is 0 Å². The second-order valence-corrected chi connectivity index (χ2v) is 7.54. The van der Waals surface area contributed by atoms with E-state index in [4.69, 9.17) is 4.98 Å². The lowest BCUT2D eigenvalue weighted by molar-refractivity contribution is 0.171. The van der Waals surface area contributed by atoms with Gasteiger partial charge in [-0.05, 0) is 63.3 Å². The summed E-state index contributed by atoms with van der Waals surface area (Å²) >= 11 is 3.54. The molecule has 0 spiro atoms. The van der Waals surface area contributed by atoms with Crippen LogP contribution in [0.3, 0.4) is 0 Å². The van der Waals surface area contributed by atoms with Crippen molar-refractivity contribution in [3.63, 3.8) is 0 Å². The molecule has 3 nitrogen and oxygen atoms in total. The highest BCUT2D eigenvalue weighted by atomic mass is 35.5. The predicted octanol–water partition coefficient (Wildman–Crippen LogP) is 4.11. The van der Waals surface area contributed by atoms with E-state index in [2.05, 4.69) is 33.1 Å². The number of rotatable bonds is 6. The first-order valence-corrected chi connectivity index (χ1v) is 9.46. The molecule has 0 aromatic carbocycles. The number of nitrogens with zero attached hydrogens (tertiary/aromatic N) is 2. The van der Waals surface area contributed by atoms with Crippen molar-refractivity contribution in [2.45, 2.75) is 25.8 Å². The molecule has 6 heteroatoms. The lowest BCUT2D eigenvalue weighted by Crippen LogP contribution is -2.34. The molecule has 2 aromatic rings. The summed E-state index contributed by atoms with van der Waals surface area (Å²) in [4.78, 5) is 8.64. The van der Waals surface area contributed by atoms with Crippen molar-refractivity contribution in [1.82, 2.24) is 15.2 Å². The van der Waals surface area contributed by atoms with Crippen molar-refractivity contribution >= 4 is 35.1 Å². The van der Waals surface area contributed by atoms with E-state index in [1.54, 1.807) is 22.7 Å². The van der Waals surface area contributed by atoms with Gasteiger partial charge in [0, 0.05) is 11.9 Å². The van der Waals surface area contributed by atoms with Crippen LogP contribution in [0.5, 0.6) is 0 Å². The number of nitrogens with one attached hydrogen (secondary N) is 1. The van der Waals surface area contributed by atoms with Gasteiger partial charge in [0.25, 0.3) is 0 Å². The Kier molecular flexibility index (Phi) is 7.31. The fourth-order valence-corrected chi connectivity index (χ4v) is 4.53. The zero-order valence-electron chi connectivity index (χ0n) is 13.0. The van der Waals surface area contributed by atoms with E-state index in [1.165, 1.54) is 47.9 Å². The number of halogens is 1. The smallest absolute Gasteiger partial charge is 0.133 e. The Morgan fingerprint density at radius 3 is 2.82 bits per heavy atom. The minimum atomic E-state index is 0. The summed E-state index contributed by atoms with van der Waals surface area (Å²) in [5, 5.41) is 8.77. The third kappa shape index (κ3) is 4.77. The molecule has 22 heavy (non-hydrogen) atoms. The highest BCUT2D eigenvalue weighted by Crippen LogP contribution is 2.29. The normalized spacial score (nSPS) is 16.6. The van der Waals surface area contributed by atoms with E-state index >= 15 is 0 Å². The average molecular weight is 358 g/mol. The zero-order chi connectivity index (χ0) is 14.5. The Bertz CT molecular complexity index is 533. The third-order valence-electron chi connectivity index (χ3n) is 4.18. The molecule has 0 atom stereocenters. The number of piperidine rings is 1. The van der Waals surface area contributed by atoms with Crippen molar-refractivity contribution in [1.29, 1.82) is 0 Å². The molecule has 1 saturated heterocycles. The van der Waals surface area contributed by atoms with Crippen LogP contribution >= 0.6 is 35.1 Å². The summed E-state index contributed by atoms with van der Waals surface area (Å²) in [5.74, 6) is 0.908. The van der Waals surface area contributed by atoms with Crippen LogP contribution < -0.4 is 5.32 Å². The molecule has 0 radical (unpaired) electrons. The standard InChI is InChI=1S/C16H23N3S2.ClH/c1-17-7-4-13-5-8-19(9-6-13)11-14-12-21-16(18-14)15-3-2-10-20-15;/h2-3,10,12-13,17H,4-9,11H2,1H3;1H. The Balaban J connectivity index is 0.00000176. The van der Waals surface area contributed by atoms with Gasteiger partial charge < -0.3 is 5.32 Å². The average Bonchev–Trinajstić information content (AvgIpc) is 3.17. The van der Waals surface area contributed by atoms with E-state index in [1.807, 2.05) is 7.05 Å². The van der Waals surface area contributed by atoms with Gasteiger partial charge in [0.05, 0.1) is 10.6 Å². The quantitative estimate of drug-likeness (QED) is 0.843. The van der Waals surface area contributed by atoms with Crippen molar-refractivity contribution in [2.75, 3.05) is 26.7 Å². The van der Waals surface area contributed by atoms with Crippen molar-refractivity contribution < 1.29 is 0 Å².